The molecule has 0 saturated heterocycles. The van der Waals surface area contributed by atoms with E-state index in [9.17, 15) is 8.42 Å². The van der Waals surface area contributed by atoms with E-state index in [-0.39, 0.29) is 16.0 Å². The molecule has 0 unspecified atom stereocenters. The van der Waals surface area contributed by atoms with E-state index < -0.39 is 10.0 Å². The smallest absolute Gasteiger partial charge is 0.240 e. The highest BCUT2D eigenvalue weighted by atomic mass is 35.5. The van der Waals surface area contributed by atoms with Gasteiger partial charge in [-0.05, 0) is 31.5 Å². The van der Waals surface area contributed by atoms with Gasteiger partial charge in [-0.15, -0.1) is 0 Å². The molecule has 17 heavy (non-hydrogen) atoms. The van der Waals surface area contributed by atoms with Gasteiger partial charge >= 0.3 is 0 Å². The molecule has 0 aliphatic rings. The van der Waals surface area contributed by atoms with Crippen molar-refractivity contribution in [3.8, 4) is 5.75 Å². The standard InChI is InChI=1S/C11H16ClNO3S/c1-4-8(2)13-17(14,15)9-5-6-11(16-3)10(12)7-9/h5-8,13H,4H2,1-3H3/t8-/m0/s1. The number of nitrogens with one attached hydrogen (secondary N) is 1. The van der Waals surface area contributed by atoms with Crippen molar-refractivity contribution in [3.05, 3.63) is 23.2 Å². The molecule has 0 heterocycles. The average Bonchev–Trinajstić information content (AvgIpc) is 2.28. The van der Waals surface area contributed by atoms with E-state index in [1.165, 1.54) is 25.3 Å². The third-order valence-corrected chi connectivity index (χ3v) is 4.28. The average molecular weight is 278 g/mol. The third-order valence-electron chi connectivity index (χ3n) is 2.40. The number of benzene rings is 1. The van der Waals surface area contributed by atoms with E-state index in [2.05, 4.69) is 4.72 Å². The Morgan fingerprint density at radius 3 is 2.59 bits per heavy atom. The summed E-state index contributed by atoms with van der Waals surface area (Å²) in [5.74, 6) is 0.453. The van der Waals surface area contributed by atoms with Gasteiger partial charge < -0.3 is 4.74 Å². The van der Waals surface area contributed by atoms with Crippen molar-refractivity contribution in [2.24, 2.45) is 0 Å². The first kappa shape index (κ1) is 14.3. The number of ether oxygens (including phenoxy) is 1. The first-order valence-corrected chi connectivity index (χ1v) is 7.12. The van der Waals surface area contributed by atoms with Crippen molar-refractivity contribution in [2.75, 3.05) is 7.11 Å². The van der Waals surface area contributed by atoms with Gasteiger partial charge in [-0.25, -0.2) is 13.1 Å². The third kappa shape index (κ3) is 3.59. The summed E-state index contributed by atoms with van der Waals surface area (Å²) < 4.78 is 31.4. The fourth-order valence-electron chi connectivity index (χ4n) is 1.23. The van der Waals surface area contributed by atoms with Gasteiger partial charge in [-0.1, -0.05) is 18.5 Å². The van der Waals surface area contributed by atoms with E-state index in [1.54, 1.807) is 0 Å². The second kappa shape index (κ2) is 5.71. The molecule has 0 amide bonds. The van der Waals surface area contributed by atoms with Crippen LogP contribution in [-0.4, -0.2) is 21.6 Å². The Hall–Kier alpha value is -0.780. The number of halogens is 1. The van der Waals surface area contributed by atoms with Crippen molar-refractivity contribution >= 4 is 21.6 Å². The van der Waals surface area contributed by atoms with Crippen molar-refractivity contribution in [2.45, 2.75) is 31.2 Å². The van der Waals surface area contributed by atoms with Gasteiger partial charge in [0.05, 0.1) is 17.0 Å². The lowest BCUT2D eigenvalue weighted by atomic mass is 10.3. The molecule has 4 nitrogen and oxygen atoms in total. The van der Waals surface area contributed by atoms with Crippen LogP contribution in [0.5, 0.6) is 5.75 Å². The normalized spacial score (nSPS) is 13.4. The Kier molecular flexibility index (Phi) is 4.80. The molecule has 1 N–H and O–H groups in total. The minimum absolute atomic E-state index is 0.110. The van der Waals surface area contributed by atoms with Crippen LogP contribution < -0.4 is 9.46 Å². The summed E-state index contributed by atoms with van der Waals surface area (Å²) in [7, 11) is -2.03. The van der Waals surface area contributed by atoms with Crippen LogP contribution in [0.2, 0.25) is 5.02 Å². The van der Waals surface area contributed by atoms with Crippen LogP contribution in [0.1, 0.15) is 20.3 Å². The minimum atomic E-state index is -3.51. The predicted molar refractivity (Wildman–Crippen MR) is 68.1 cm³/mol. The van der Waals surface area contributed by atoms with Crippen LogP contribution in [0.15, 0.2) is 23.1 Å². The van der Waals surface area contributed by atoms with Crippen LogP contribution in [-0.2, 0) is 10.0 Å². The van der Waals surface area contributed by atoms with Crippen molar-refractivity contribution in [1.82, 2.24) is 4.72 Å². The van der Waals surface area contributed by atoms with E-state index in [4.69, 9.17) is 16.3 Å². The number of hydrogen-bond donors (Lipinski definition) is 1. The topological polar surface area (TPSA) is 55.4 Å². The predicted octanol–water partition coefficient (Wildman–Crippen LogP) is 2.43. The zero-order valence-electron chi connectivity index (χ0n) is 10.0. The molecule has 1 atom stereocenters. The van der Waals surface area contributed by atoms with E-state index >= 15 is 0 Å². The highest BCUT2D eigenvalue weighted by Crippen LogP contribution is 2.26. The second-order valence-electron chi connectivity index (χ2n) is 3.73. The Labute approximate surface area is 107 Å². The first-order chi connectivity index (χ1) is 7.90. The fourth-order valence-corrected chi connectivity index (χ4v) is 2.91. The molecule has 0 bridgehead atoms. The van der Waals surface area contributed by atoms with Gasteiger partial charge in [-0.3, -0.25) is 0 Å². The lowest BCUT2D eigenvalue weighted by Crippen LogP contribution is -2.31. The van der Waals surface area contributed by atoms with E-state index in [0.29, 0.717) is 5.75 Å². The molecule has 0 spiro atoms. The molecule has 1 aromatic carbocycles. The number of hydrogen-bond acceptors (Lipinski definition) is 3. The Bertz CT molecular complexity index is 487. The first-order valence-electron chi connectivity index (χ1n) is 5.26. The molecule has 6 heteroatoms. The summed E-state index contributed by atoms with van der Waals surface area (Å²) in [5.41, 5.74) is 0. The van der Waals surface area contributed by atoms with Gasteiger partial charge in [-0.2, -0.15) is 0 Å². The molecule has 0 aliphatic heterocycles. The van der Waals surface area contributed by atoms with Crippen LogP contribution in [0.25, 0.3) is 0 Å². The number of rotatable bonds is 5. The van der Waals surface area contributed by atoms with Crippen molar-refractivity contribution < 1.29 is 13.2 Å². The zero-order valence-corrected chi connectivity index (χ0v) is 11.6. The van der Waals surface area contributed by atoms with E-state index in [0.717, 1.165) is 6.42 Å². The largest absolute Gasteiger partial charge is 0.495 e. The highest BCUT2D eigenvalue weighted by Gasteiger charge is 2.17. The minimum Gasteiger partial charge on any atom is -0.495 e. The quantitative estimate of drug-likeness (QED) is 0.899. The monoisotopic (exact) mass is 277 g/mol. The molecule has 96 valence electrons. The lowest BCUT2D eigenvalue weighted by Gasteiger charge is -2.12. The van der Waals surface area contributed by atoms with Gasteiger partial charge in [0.1, 0.15) is 5.75 Å². The zero-order chi connectivity index (χ0) is 13.1. The summed E-state index contributed by atoms with van der Waals surface area (Å²) >= 11 is 5.89. The Balaban J connectivity index is 3.04. The Morgan fingerprint density at radius 1 is 1.47 bits per heavy atom. The lowest BCUT2D eigenvalue weighted by molar-refractivity contribution is 0.414. The highest BCUT2D eigenvalue weighted by molar-refractivity contribution is 7.89. The van der Waals surface area contributed by atoms with Gasteiger partial charge in [0.15, 0.2) is 0 Å². The summed E-state index contributed by atoms with van der Waals surface area (Å²) in [5, 5.41) is 0.277. The van der Waals surface area contributed by atoms with Crippen LogP contribution in [0.3, 0.4) is 0 Å². The second-order valence-corrected chi connectivity index (χ2v) is 5.85. The maximum atomic E-state index is 11.9. The summed E-state index contributed by atoms with van der Waals surface area (Å²) in [6.07, 6.45) is 0.725. The van der Waals surface area contributed by atoms with Gasteiger partial charge in [0, 0.05) is 6.04 Å². The van der Waals surface area contributed by atoms with Crippen molar-refractivity contribution in [3.63, 3.8) is 0 Å². The molecule has 0 aromatic heterocycles. The molecule has 0 radical (unpaired) electrons. The number of methoxy groups -OCH3 is 1. The van der Waals surface area contributed by atoms with Gasteiger partial charge in [0.25, 0.3) is 0 Å². The summed E-state index contributed by atoms with van der Waals surface area (Å²) in [6.45, 7) is 3.72. The van der Waals surface area contributed by atoms with Crippen LogP contribution in [0, 0.1) is 0 Å². The van der Waals surface area contributed by atoms with Crippen molar-refractivity contribution in [1.29, 1.82) is 0 Å². The van der Waals surface area contributed by atoms with E-state index in [1.807, 2.05) is 13.8 Å². The van der Waals surface area contributed by atoms with Crippen LogP contribution in [0.4, 0.5) is 0 Å². The molecule has 1 rings (SSSR count). The number of sulfonamides is 1. The summed E-state index contributed by atoms with van der Waals surface area (Å²) in [6, 6.07) is 4.27. The molecule has 0 aliphatic carbocycles. The molecule has 1 aromatic rings. The van der Waals surface area contributed by atoms with Gasteiger partial charge in [0.2, 0.25) is 10.0 Å². The molecular formula is C11H16ClNO3S. The molecule has 0 saturated carbocycles. The maximum absolute atomic E-state index is 11.9. The maximum Gasteiger partial charge on any atom is 0.240 e. The molecule has 0 fully saturated rings. The summed E-state index contributed by atoms with van der Waals surface area (Å²) in [4.78, 5) is 0.142. The Morgan fingerprint density at radius 2 is 2.12 bits per heavy atom. The van der Waals surface area contributed by atoms with Crippen LogP contribution >= 0.6 is 11.6 Å². The fraction of sp³-hybridized carbons (Fsp3) is 0.455. The SMILES string of the molecule is CC[C@H](C)NS(=O)(=O)c1ccc(OC)c(Cl)c1. The molecular weight excluding hydrogens is 262 g/mol.